The van der Waals surface area contributed by atoms with Crippen LogP contribution in [0, 0.1) is 0 Å². The van der Waals surface area contributed by atoms with Crippen LogP contribution < -0.4 is 4.90 Å². The van der Waals surface area contributed by atoms with Crippen molar-refractivity contribution in [3.8, 4) is 28.4 Å². The number of aromatic hydroxyl groups is 1. The lowest BCUT2D eigenvalue weighted by atomic mass is 10.0. The lowest BCUT2D eigenvalue weighted by molar-refractivity contribution is 0.468. The van der Waals surface area contributed by atoms with Crippen LogP contribution in [0.2, 0.25) is 0 Å². The van der Waals surface area contributed by atoms with Gasteiger partial charge in [-0.2, -0.15) is 0 Å². The lowest BCUT2D eigenvalue weighted by Crippen LogP contribution is -2.08. The Labute approximate surface area is 205 Å². The van der Waals surface area contributed by atoms with Crippen LogP contribution in [0.25, 0.3) is 22.6 Å². The van der Waals surface area contributed by atoms with Gasteiger partial charge in [-0.15, -0.1) is 0 Å². The number of imidazole rings is 1. The van der Waals surface area contributed by atoms with Gasteiger partial charge >= 0.3 is 0 Å². The van der Waals surface area contributed by atoms with E-state index in [2.05, 4.69) is 96.9 Å². The molecule has 1 N–H and O–H groups in total. The van der Waals surface area contributed by atoms with E-state index in [9.17, 15) is 5.11 Å². The van der Waals surface area contributed by atoms with E-state index in [-0.39, 0.29) is 5.75 Å². The van der Waals surface area contributed by atoms with Crippen LogP contribution in [0.15, 0.2) is 75.7 Å². The van der Waals surface area contributed by atoms with E-state index in [1.165, 1.54) is 5.56 Å². The average molecular weight is 555 g/mol. The van der Waals surface area contributed by atoms with Crippen LogP contribution in [0.3, 0.4) is 0 Å². The molecule has 164 valence electrons. The zero-order valence-electron chi connectivity index (χ0n) is 18.3. The molecule has 0 unspecified atom stereocenters. The minimum Gasteiger partial charge on any atom is -0.506 e. The highest BCUT2D eigenvalue weighted by Crippen LogP contribution is 2.38. The molecule has 0 amide bonds. The zero-order chi connectivity index (χ0) is 22.8. The first kappa shape index (κ1) is 22.6. The number of phenols is 1. The largest absolute Gasteiger partial charge is 0.506 e. The maximum absolute atomic E-state index is 10.1. The molecule has 0 atom stereocenters. The van der Waals surface area contributed by atoms with Crippen molar-refractivity contribution in [2.45, 2.75) is 12.8 Å². The van der Waals surface area contributed by atoms with Crippen molar-refractivity contribution in [3.63, 3.8) is 0 Å². The van der Waals surface area contributed by atoms with Crippen molar-refractivity contribution in [2.24, 2.45) is 7.05 Å². The second-order valence-electron chi connectivity index (χ2n) is 8.01. The number of hydrogen-bond donors (Lipinski definition) is 1. The van der Waals surface area contributed by atoms with E-state index in [1.807, 2.05) is 32.3 Å². The smallest absolute Gasteiger partial charge is 0.143 e. The molecule has 0 aliphatic heterocycles. The topological polar surface area (TPSA) is 41.3 Å². The fourth-order valence-corrected chi connectivity index (χ4v) is 5.05. The molecule has 0 aliphatic carbocycles. The summed E-state index contributed by atoms with van der Waals surface area (Å²) in [4.78, 5) is 7.17. The van der Waals surface area contributed by atoms with E-state index in [0.717, 1.165) is 46.9 Å². The summed E-state index contributed by atoms with van der Waals surface area (Å²) in [5, 5.41) is 10.1. The number of halogens is 2. The Bertz CT molecular complexity index is 1210. The van der Waals surface area contributed by atoms with E-state index in [0.29, 0.717) is 8.95 Å². The molecule has 0 saturated heterocycles. The molecule has 1 heterocycles. The second-order valence-corrected chi connectivity index (χ2v) is 9.71. The van der Waals surface area contributed by atoms with Gasteiger partial charge in [-0.3, -0.25) is 0 Å². The van der Waals surface area contributed by atoms with Gasteiger partial charge in [0.1, 0.15) is 11.6 Å². The molecule has 3 aromatic carbocycles. The quantitative estimate of drug-likeness (QED) is 0.284. The van der Waals surface area contributed by atoms with Gasteiger partial charge in [-0.05, 0) is 74.5 Å². The van der Waals surface area contributed by atoms with Gasteiger partial charge in [0.25, 0.3) is 0 Å². The SMILES string of the molecule is CN(C)c1ccc(-c2c(CCc3ccccc3)nc(-c3cc(Br)c(O)c(Br)c3)n2C)cc1. The third-order valence-corrected chi connectivity index (χ3v) is 6.80. The Morgan fingerprint density at radius 2 is 1.50 bits per heavy atom. The highest BCUT2D eigenvalue weighted by atomic mass is 79.9. The number of aromatic nitrogens is 2. The summed E-state index contributed by atoms with van der Waals surface area (Å²) in [6.07, 6.45) is 1.76. The summed E-state index contributed by atoms with van der Waals surface area (Å²) in [7, 11) is 6.14. The number of anilines is 1. The van der Waals surface area contributed by atoms with E-state index in [1.54, 1.807) is 0 Å². The fraction of sp³-hybridized carbons (Fsp3) is 0.192. The van der Waals surface area contributed by atoms with Crippen LogP contribution >= 0.6 is 31.9 Å². The minimum absolute atomic E-state index is 0.187. The van der Waals surface area contributed by atoms with Crippen LogP contribution in [0.5, 0.6) is 5.75 Å². The molecule has 0 radical (unpaired) electrons. The average Bonchev–Trinajstić information content (AvgIpc) is 3.12. The van der Waals surface area contributed by atoms with E-state index in [4.69, 9.17) is 4.98 Å². The molecule has 0 aliphatic rings. The lowest BCUT2D eigenvalue weighted by Gasteiger charge is -2.14. The van der Waals surface area contributed by atoms with Crippen LogP contribution in [-0.4, -0.2) is 28.8 Å². The van der Waals surface area contributed by atoms with Gasteiger partial charge in [-0.1, -0.05) is 42.5 Å². The zero-order valence-corrected chi connectivity index (χ0v) is 21.5. The van der Waals surface area contributed by atoms with Crippen LogP contribution in [0.1, 0.15) is 11.3 Å². The summed E-state index contributed by atoms with van der Waals surface area (Å²) in [5.41, 5.74) is 6.70. The third-order valence-electron chi connectivity index (χ3n) is 5.59. The molecule has 6 heteroatoms. The second kappa shape index (κ2) is 9.51. The summed E-state index contributed by atoms with van der Waals surface area (Å²) in [6.45, 7) is 0. The highest BCUT2D eigenvalue weighted by molar-refractivity contribution is 9.11. The van der Waals surface area contributed by atoms with Gasteiger partial charge in [-0.25, -0.2) is 4.98 Å². The Balaban J connectivity index is 1.80. The van der Waals surface area contributed by atoms with E-state index >= 15 is 0 Å². The van der Waals surface area contributed by atoms with Crippen molar-refractivity contribution in [2.75, 3.05) is 19.0 Å². The van der Waals surface area contributed by atoms with Crippen LogP contribution in [-0.2, 0) is 19.9 Å². The Morgan fingerprint density at radius 3 is 2.09 bits per heavy atom. The Hall–Kier alpha value is -2.57. The molecule has 4 rings (SSSR count). The Morgan fingerprint density at radius 1 is 0.875 bits per heavy atom. The number of benzene rings is 3. The molecule has 4 nitrogen and oxygen atoms in total. The molecule has 1 aromatic heterocycles. The molecule has 4 aromatic rings. The first-order valence-electron chi connectivity index (χ1n) is 10.4. The van der Waals surface area contributed by atoms with Gasteiger partial charge in [0.05, 0.1) is 20.3 Å². The summed E-state index contributed by atoms with van der Waals surface area (Å²) < 4.78 is 3.41. The predicted molar refractivity (Wildman–Crippen MR) is 139 cm³/mol. The highest BCUT2D eigenvalue weighted by Gasteiger charge is 2.19. The third kappa shape index (κ3) is 4.62. The van der Waals surface area contributed by atoms with Crippen molar-refractivity contribution in [3.05, 3.63) is 86.9 Å². The van der Waals surface area contributed by atoms with Gasteiger partial charge < -0.3 is 14.6 Å². The normalized spacial score (nSPS) is 11.0. The number of hydrogen-bond acceptors (Lipinski definition) is 3. The molecule has 0 fully saturated rings. The monoisotopic (exact) mass is 553 g/mol. The number of nitrogens with zero attached hydrogens (tertiary/aromatic N) is 3. The van der Waals surface area contributed by atoms with Crippen molar-refractivity contribution < 1.29 is 5.11 Å². The molecular formula is C26H25Br2N3O. The first-order chi connectivity index (χ1) is 15.3. The Kier molecular flexibility index (Phi) is 6.72. The minimum atomic E-state index is 0.187. The summed E-state index contributed by atoms with van der Waals surface area (Å²) >= 11 is 6.90. The van der Waals surface area contributed by atoms with Gasteiger partial charge in [0, 0.05) is 38.0 Å². The predicted octanol–water partition coefficient (Wildman–Crippen LogP) is 6.84. The first-order valence-corrected chi connectivity index (χ1v) is 12.0. The molecule has 0 saturated carbocycles. The standard InChI is InChI=1S/C26H25Br2N3O/c1-30(2)20-12-10-18(11-13-20)24-23(14-9-17-7-5-4-6-8-17)29-26(31(24)3)19-15-21(27)25(32)22(28)16-19/h4-8,10-13,15-16,32H,9,14H2,1-3H3. The molecule has 0 bridgehead atoms. The van der Waals surface area contributed by atoms with Crippen LogP contribution in [0.4, 0.5) is 5.69 Å². The van der Waals surface area contributed by atoms with Crippen molar-refractivity contribution in [1.29, 1.82) is 0 Å². The van der Waals surface area contributed by atoms with Crippen molar-refractivity contribution >= 4 is 37.5 Å². The maximum Gasteiger partial charge on any atom is 0.143 e. The van der Waals surface area contributed by atoms with Gasteiger partial charge in [0.15, 0.2) is 0 Å². The summed E-state index contributed by atoms with van der Waals surface area (Å²) in [5.74, 6) is 1.05. The number of rotatable bonds is 6. The fourth-order valence-electron chi connectivity index (χ4n) is 3.87. The van der Waals surface area contributed by atoms with Crippen molar-refractivity contribution in [1.82, 2.24) is 9.55 Å². The number of aryl methyl sites for hydroxylation is 2. The molecule has 0 spiro atoms. The number of phenolic OH excluding ortho intramolecular Hbond substituents is 1. The van der Waals surface area contributed by atoms with Gasteiger partial charge in [0.2, 0.25) is 0 Å². The molecule has 32 heavy (non-hydrogen) atoms. The summed E-state index contributed by atoms with van der Waals surface area (Å²) in [6, 6.07) is 22.9. The maximum atomic E-state index is 10.1. The van der Waals surface area contributed by atoms with E-state index < -0.39 is 0 Å². The molecular weight excluding hydrogens is 530 g/mol.